The second kappa shape index (κ2) is 3.38. The first-order valence-electron chi connectivity index (χ1n) is 4.64. The van der Waals surface area contributed by atoms with Crippen molar-refractivity contribution in [3.05, 3.63) is 29.3 Å². The minimum Gasteiger partial charge on any atom is -0.496 e. The first-order valence-corrected chi connectivity index (χ1v) is 4.64. The molecule has 1 aromatic rings. The Balaban J connectivity index is 2.39. The average molecular weight is 177 g/mol. The maximum Gasteiger partial charge on any atom is 0.122 e. The molecule has 1 aliphatic rings. The number of benzene rings is 1. The van der Waals surface area contributed by atoms with E-state index in [1.807, 2.05) is 6.07 Å². The van der Waals surface area contributed by atoms with Crippen molar-refractivity contribution in [2.45, 2.75) is 13.0 Å². The number of nitrogens with zero attached hydrogens (tertiary/aromatic N) is 1. The van der Waals surface area contributed by atoms with Crippen LogP contribution in [0, 0.1) is 0 Å². The molecule has 1 heterocycles. The summed E-state index contributed by atoms with van der Waals surface area (Å²) in [6, 6.07) is 6.30. The van der Waals surface area contributed by atoms with E-state index in [4.69, 9.17) is 4.74 Å². The van der Waals surface area contributed by atoms with Crippen LogP contribution in [0.25, 0.3) is 0 Å². The normalized spacial score (nSPS) is 16.8. The van der Waals surface area contributed by atoms with Gasteiger partial charge in [0.05, 0.1) is 7.11 Å². The van der Waals surface area contributed by atoms with Crippen LogP contribution in [0.4, 0.5) is 0 Å². The van der Waals surface area contributed by atoms with Crippen molar-refractivity contribution in [1.29, 1.82) is 0 Å². The Morgan fingerprint density at radius 3 is 3.00 bits per heavy atom. The summed E-state index contributed by atoms with van der Waals surface area (Å²) in [7, 11) is 3.90. The lowest BCUT2D eigenvalue weighted by Crippen LogP contribution is -2.26. The topological polar surface area (TPSA) is 12.5 Å². The van der Waals surface area contributed by atoms with Gasteiger partial charge in [-0.05, 0) is 30.7 Å². The Morgan fingerprint density at radius 2 is 2.23 bits per heavy atom. The van der Waals surface area contributed by atoms with E-state index in [1.165, 1.54) is 11.1 Å². The van der Waals surface area contributed by atoms with Crippen molar-refractivity contribution < 1.29 is 4.74 Å². The number of likely N-dealkylation sites (N-methyl/N-ethyl adjacent to an activating group) is 1. The largest absolute Gasteiger partial charge is 0.496 e. The van der Waals surface area contributed by atoms with Crippen LogP contribution in [-0.2, 0) is 13.0 Å². The molecule has 0 bridgehead atoms. The van der Waals surface area contributed by atoms with Crippen LogP contribution in [-0.4, -0.2) is 25.6 Å². The number of rotatable bonds is 1. The van der Waals surface area contributed by atoms with E-state index in [1.54, 1.807) is 7.11 Å². The molecule has 0 aromatic heterocycles. The highest BCUT2D eigenvalue weighted by molar-refractivity contribution is 5.41. The van der Waals surface area contributed by atoms with Crippen LogP contribution in [0.5, 0.6) is 5.75 Å². The molecule has 2 nitrogen and oxygen atoms in total. The Bertz CT molecular complexity index is 309. The molecule has 0 saturated heterocycles. The van der Waals surface area contributed by atoms with E-state index in [0.717, 1.165) is 25.3 Å². The Labute approximate surface area is 79.1 Å². The summed E-state index contributed by atoms with van der Waals surface area (Å²) in [5, 5.41) is 0. The maximum atomic E-state index is 5.33. The summed E-state index contributed by atoms with van der Waals surface area (Å²) >= 11 is 0. The Hall–Kier alpha value is -1.02. The van der Waals surface area contributed by atoms with Gasteiger partial charge in [-0.2, -0.15) is 0 Å². The van der Waals surface area contributed by atoms with Gasteiger partial charge in [0, 0.05) is 13.1 Å². The zero-order valence-electron chi connectivity index (χ0n) is 8.21. The zero-order valence-corrected chi connectivity index (χ0v) is 8.21. The first kappa shape index (κ1) is 8.57. The predicted octanol–water partition coefficient (Wildman–Crippen LogP) is 1.68. The van der Waals surface area contributed by atoms with Crippen LogP contribution in [0.2, 0.25) is 0 Å². The first-order chi connectivity index (χ1) is 6.31. The van der Waals surface area contributed by atoms with Gasteiger partial charge in [0.25, 0.3) is 0 Å². The van der Waals surface area contributed by atoms with Crippen molar-refractivity contribution in [2.75, 3.05) is 20.7 Å². The van der Waals surface area contributed by atoms with Crippen molar-refractivity contribution >= 4 is 0 Å². The maximum absolute atomic E-state index is 5.33. The molecule has 2 heteroatoms. The molecule has 0 atom stereocenters. The number of ether oxygens (including phenoxy) is 1. The molecule has 0 radical (unpaired) electrons. The summed E-state index contributed by atoms with van der Waals surface area (Å²) in [6.45, 7) is 2.18. The number of hydrogen-bond acceptors (Lipinski definition) is 2. The predicted molar refractivity (Wildman–Crippen MR) is 53.0 cm³/mol. The molecule has 0 saturated carbocycles. The molecule has 70 valence electrons. The summed E-state index contributed by atoms with van der Waals surface area (Å²) < 4.78 is 5.33. The van der Waals surface area contributed by atoms with E-state index in [0.29, 0.717) is 0 Å². The molecule has 0 aliphatic carbocycles. The highest BCUT2D eigenvalue weighted by Crippen LogP contribution is 2.26. The van der Waals surface area contributed by atoms with Crippen LogP contribution >= 0.6 is 0 Å². The van der Waals surface area contributed by atoms with Crippen molar-refractivity contribution in [3.63, 3.8) is 0 Å². The fourth-order valence-electron chi connectivity index (χ4n) is 1.91. The second-order valence-electron chi connectivity index (χ2n) is 3.59. The summed E-state index contributed by atoms with van der Waals surface area (Å²) in [5.74, 6) is 1.05. The molecule has 1 aromatic carbocycles. The van der Waals surface area contributed by atoms with Crippen LogP contribution < -0.4 is 4.74 Å². The van der Waals surface area contributed by atoms with Gasteiger partial charge in [-0.1, -0.05) is 12.1 Å². The van der Waals surface area contributed by atoms with Crippen LogP contribution in [0.3, 0.4) is 0 Å². The standard InChI is InChI=1S/C11H15NO/c1-12-7-6-10-9(8-12)4-3-5-11(10)13-2/h3-5H,6-8H2,1-2H3. The molecule has 0 fully saturated rings. The summed E-state index contributed by atoms with van der Waals surface area (Å²) in [4.78, 5) is 2.34. The van der Waals surface area contributed by atoms with E-state index in [2.05, 4.69) is 24.1 Å². The lowest BCUT2D eigenvalue weighted by atomic mass is 9.99. The highest BCUT2D eigenvalue weighted by Gasteiger charge is 2.15. The fraction of sp³-hybridized carbons (Fsp3) is 0.455. The Morgan fingerprint density at radius 1 is 1.38 bits per heavy atom. The molecule has 0 unspecified atom stereocenters. The molecule has 0 N–H and O–H groups in total. The van der Waals surface area contributed by atoms with Crippen LogP contribution in [0.15, 0.2) is 18.2 Å². The second-order valence-corrected chi connectivity index (χ2v) is 3.59. The molecule has 13 heavy (non-hydrogen) atoms. The third kappa shape index (κ3) is 1.54. The third-order valence-corrected chi connectivity index (χ3v) is 2.63. The lowest BCUT2D eigenvalue weighted by molar-refractivity contribution is 0.306. The van der Waals surface area contributed by atoms with Gasteiger partial charge in [0.15, 0.2) is 0 Å². The molecule has 0 spiro atoms. The van der Waals surface area contributed by atoms with E-state index in [9.17, 15) is 0 Å². The summed E-state index contributed by atoms with van der Waals surface area (Å²) in [5.41, 5.74) is 2.80. The number of fused-ring (bicyclic) bond motifs is 1. The lowest BCUT2D eigenvalue weighted by Gasteiger charge is -2.26. The van der Waals surface area contributed by atoms with E-state index < -0.39 is 0 Å². The van der Waals surface area contributed by atoms with Gasteiger partial charge >= 0.3 is 0 Å². The molecular formula is C11H15NO. The highest BCUT2D eigenvalue weighted by atomic mass is 16.5. The number of hydrogen-bond donors (Lipinski definition) is 0. The van der Waals surface area contributed by atoms with E-state index >= 15 is 0 Å². The van der Waals surface area contributed by atoms with Gasteiger partial charge < -0.3 is 9.64 Å². The molecule has 1 aliphatic heterocycles. The average Bonchev–Trinajstić information content (AvgIpc) is 2.16. The third-order valence-electron chi connectivity index (χ3n) is 2.63. The minimum absolute atomic E-state index is 1.05. The fourth-order valence-corrected chi connectivity index (χ4v) is 1.91. The molecular weight excluding hydrogens is 162 g/mol. The Kier molecular flexibility index (Phi) is 2.23. The molecule has 2 rings (SSSR count). The zero-order chi connectivity index (χ0) is 9.26. The summed E-state index contributed by atoms with van der Waals surface area (Å²) in [6.07, 6.45) is 1.11. The molecule has 0 amide bonds. The number of methoxy groups -OCH3 is 1. The minimum atomic E-state index is 1.05. The van der Waals surface area contributed by atoms with Gasteiger partial charge in [-0.15, -0.1) is 0 Å². The quantitative estimate of drug-likeness (QED) is 0.647. The van der Waals surface area contributed by atoms with E-state index in [-0.39, 0.29) is 0 Å². The smallest absolute Gasteiger partial charge is 0.122 e. The van der Waals surface area contributed by atoms with Gasteiger partial charge in [-0.25, -0.2) is 0 Å². The van der Waals surface area contributed by atoms with Crippen molar-refractivity contribution in [1.82, 2.24) is 4.90 Å². The van der Waals surface area contributed by atoms with Crippen molar-refractivity contribution in [2.24, 2.45) is 0 Å². The van der Waals surface area contributed by atoms with Crippen molar-refractivity contribution in [3.8, 4) is 5.75 Å². The van der Waals surface area contributed by atoms with Gasteiger partial charge in [-0.3, -0.25) is 0 Å². The van der Waals surface area contributed by atoms with Gasteiger partial charge in [0.2, 0.25) is 0 Å². The van der Waals surface area contributed by atoms with Crippen LogP contribution in [0.1, 0.15) is 11.1 Å². The SMILES string of the molecule is COc1cccc2c1CCN(C)C2. The monoisotopic (exact) mass is 177 g/mol. The van der Waals surface area contributed by atoms with Gasteiger partial charge in [0.1, 0.15) is 5.75 Å².